The van der Waals surface area contributed by atoms with E-state index in [9.17, 15) is 9.59 Å². The van der Waals surface area contributed by atoms with Crippen LogP contribution in [-0.4, -0.2) is 29.7 Å². The van der Waals surface area contributed by atoms with E-state index in [1.165, 1.54) is 0 Å². The van der Waals surface area contributed by atoms with Gasteiger partial charge in [0.05, 0.1) is 0 Å². The summed E-state index contributed by atoms with van der Waals surface area (Å²) in [6.07, 6.45) is 1.33. The Hall–Kier alpha value is -1.30. The summed E-state index contributed by atoms with van der Waals surface area (Å²) in [6.45, 7) is 0.671. The van der Waals surface area contributed by atoms with Crippen molar-refractivity contribution in [1.82, 2.24) is 16.2 Å². The minimum atomic E-state index is -1.18. The Morgan fingerprint density at radius 2 is 2.31 bits per heavy atom. The van der Waals surface area contributed by atoms with Crippen LogP contribution in [0.25, 0.3) is 0 Å². The van der Waals surface area contributed by atoms with Crippen LogP contribution in [0.2, 0.25) is 0 Å². The Bertz CT molecular complexity index is 207. The van der Waals surface area contributed by atoms with Gasteiger partial charge in [-0.1, -0.05) is 0 Å². The fourth-order valence-electron chi connectivity index (χ4n) is 1.23. The molecule has 1 atom stereocenters. The first kappa shape index (κ1) is 9.79. The maximum atomic E-state index is 11.2. The Balaban J connectivity index is 2.36. The zero-order valence-electron chi connectivity index (χ0n) is 7.17. The van der Waals surface area contributed by atoms with E-state index in [1.54, 1.807) is 0 Å². The maximum absolute atomic E-state index is 11.2. The van der Waals surface area contributed by atoms with E-state index >= 15 is 0 Å². The lowest BCUT2D eigenvalue weighted by atomic mass is 10.1. The number of carbonyl (C=O) groups is 2. The molecular formula is C7H13N3O3. The first-order valence-corrected chi connectivity index (χ1v) is 4.22. The molecule has 1 rings (SSSR count). The average molecular weight is 187 g/mol. The van der Waals surface area contributed by atoms with Crippen molar-refractivity contribution in [3.8, 4) is 0 Å². The van der Waals surface area contributed by atoms with Crippen LogP contribution >= 0.6 is 0 Å². The Morgan fingerprint density at radius 1 is 1.54 bits per heavy atom. The average Bonchev–Trinajstić information content (AvgIpc) is 2.27. The molecule has 2 amide bonds. The molecule has 1 fully saturated rings. The lowest BCUT2D eigenvalue weighted by Gasteiger charge is -2.13. The molecule has 1 aliphatic heterocycles. The lowest BCUT2D eigenvalue weighted by Crippen LogP contribution is -2.50. The highest BCUT2D eigenvalue weighted by molar-refractivity contribution is 5.82. The largest absolute Gasteiger partial charge is 0.464 e. The van der Waals surface area contributed by atoms with Crippen molar-refractivity contribution in [3.05, 3.63) is 0 Å². The van der Waals surface area contributed by atoms with Gasteiger partial charge in [-0.25, -0.2) is 10.2 Å². The summed E-state index contributed by atoms with van der Waals surface area (Å²) in [5, 5.41) is 11.0. The molecule has 1 heterocycles. The summed E-state index contributed by atoms with van der Waals surface area (Å²) in [4.78, 5) is 21.3. The van der Waals surface area contributed by atoms with E-state index < -0.39 is 12.1 Å². The molecule has 6 heteroatoms. The van der Waals surface area contributed by atoms with E-state index in [0.717, 1.165) is 12.8 Å². The van der Waals surface area contributed by atoms with Crippen LogP contribution < -0.4 is 16.2 Å². The van der Waals surface area contributed by atoms with Gasteiger partial charge in [0.15, 0.2) is 0 Å². The second-order valence-electron chi connectivity index (χ2n) is 2.91. The topological polar surface area (TPSA) is 90.5 Å². The Labute approximate surface area is 75.7 Å². The van der Waals surface area contributed by atoms with Crippen molar-refractivity contribution in [2.45, 2.75) is 25.3 Å². The van der Waals surface area contributed by atoms with Gasteiger partial charge in [-0.15, -0.1) is 0 Å². The van der Waals surface area contributed by atoms with Gasteiger partial charge in [-0.2, -0.15) is 0 Å². The minimum absolute atomic E-state index is 0.147. The zero-order valence-corrected chi connectivity index (χ0v) is 7.17. The van der Waals surface area contributed by atoms with Crippen LogP contribution in [0.5, 0.6) is 0 Å². The molecule has 0 aromatic heterocycles. The van der Waals surface area contributed by atoms with Gasteiger partial charge < -0.3 is 10.4 Å². The molecule has 1 saturated heterocycles. The van der Waals surface area contributed by atoms with Gasteiger partial charge in [-0.3, -0.25) is 10.2 Å². The van der Waals surface area contributed by atoms with Gasteiger partial charge in [0.25, 0.3) is 0 Å². The number of hydrogen-bond acceptors (Lipinski definition) is 3. The van der Waals surface area contributed by atoms with Gasteiger partial charge >= 0.3 is 6.09 Å². The quantitative estimate of drug-likeness (QED) is 0.436. The van der Waals surface area contributed by atoms with Crippen LogP contribution in [0.3, 0.4) is 0 Å². The van der Waals surface area contributed by atoms with Crippen molar-refractivity contribution >= 4 is 12.0 Å². The van der Waals surface area contributed by atoms with Crippen LogP contribution in [0.4, 0.5) is 4.79 Å². The van der Waals surface area contributed by atoms with Gasteiger partial charge in [0.2, 0.25) is 5.91 Å². The van der Waals surface area contributed by atoms with Crippen LogP contribution in [0, 0.1) is 0 Å². The van der Waals surface area contributed by atoms with Gasteiger partial charge in [0.1, 0.15) is 6.04 Å². The second kappa shape index (κ2) is 4.66. The molecule has 0 bridgehead atoms. The summed E-state index contributed by atoms with van der Waals surface area (Å²) >= 11 is 0. The summed E-state index contributed by atoms with van der Waals surface area (Å²) in [7, 11) is 0. The summed E-state index contributed by atoms with van der Waals surface area (Å²) < 4.78 is 0. The normalized spacial score (nSPS) is 23.1. The standard InChI is InChI=1S/C7H13N3O3/c11-6-5(9-10-7(12)13)3-1-2-4-8-6/h5,9-10H,1-4H2,(H,8,11)(H,12,13)/t5-/m1/s1. The third-order valence-electron chi connectivity index (χ3n) is 1.89. The molecule has 0 unspecified atom stereocenters. The van der Waals surface area contributed by atoms with E-state index in [4.69, 9.17) is 5.11 Å². The SMILES string of the molecule is O=C(O)NN[C@@H]1CCCCNC1=O. The molecule has 0 aromatic rings. The first-order chi connectivity index (χ1) is 6.20. The maximum Gasteiger partial charge on any atom is 0.419 e. The highest BCUT2D eigenvalue weighted by atomic mass is 16.4. The third kappa shape index (κ3) is 3.29. The number of nitrogens with one attached hydrogen (secondary N) is 3. The molecule has 13 heavy (non-hydrogen) atoms. The highest BCUT2D eigenvalue weighted by Gasteiger charge is 2.20. The van der Waals surface area contributed by atoms with Crippen molar-refractivity contribution < 1.29 is 14.7 Å². The molecule has 1 aliphatic rings. The van der Waals surface area contributed by atoms with Crippen molar-refractivity contribution in [2.24, 2.45) is 0 Å². The number of amides is 2. The molecule has 74 valence electrons. The molecule has 0 saturated carbocycles. The second-order valence-corrected chi connectivity index (χ2v) is 2.91. The molecule has 6 nitrogen and oxygen atoms in total. The first-order valence-electron chi connectivity index (χ1n) is 4.22. The Morgan fingerprint density at radius 3 is 3.00 bits per heavy atom. The summed E-state index contributed by atoms with van der Waals surface area (Å²) in [5.41, 5.74) is 4.43. The molecule has 0 aromatic carbocycles. The molecule has 0 aliphatic carbocycles. The summed E-state index contributed by atoms with van der Waals surface area (Å²) in [6, 6.07) is -0.446. The third-order valence-corrected chi connectivity index (χ3v) is 1.89. The van der Waals surface area contributed by atoms with E-state index in [-0.39, 0.29) is 5.91 Å². The number of hydrazine groups is 1. The minimum Gasteiger partial charge on any atom is -0.464 e. The summed E-state index contributed by atoms with van der Waals surface area (Å²) in [5.74, 6) is -0.147. The van der Waals surface area contributed by atoms with Gasteiger partial charge in [-0.05, 0) is 19.3 Å². The predicted octanol–water partition coefficient (Wildman–Crippen LogP) is -0.573. The van der Waals surface area contributed by atoms with Gasteiger partial charge in [0, 0.05) is 6.54 Å². The lowest BCUT2D eigenvalue weighted by molar-refractivity contribution is -0.123. The van der Waals surface area contributed by atoms with Crippen molar-refractivity contribution in [1.29, 1.82) is 0 Å². The fourth-order valence-corrected chi connectivity index (χ4v) is 1.23. The number of carboxylic acid groups (broad SMARTS) is 1. The van der Waals surface area contributed by atoms with Crippen molar-refractivity contribution in [3.63, 3.8) is 0 Å². The monoisotopic (exact) mass is 187 g/mol. The zero-order chi connectivity index (χ0) is 9.68. The molecule has 0 spiro atoms. The molecule has 0 radical (unpaired) electrons. The number of carbonyl (C=O) groups excluding carboxylic acids is 1. The fraction of sp³-hybridized carbons (Fsp3) is 0.714. The molecule has 4 N–H and O–H groups in total. The van der Waals surface area contributed by atoms with Crippen molar-refractivity contribution in [2.75, 3.05) is 6.54 Å². The van der Waals surface area contributed by atoms with E-state index in [2.05, 4.69) is 10.7 Å². The smallest absolute Gasteiger partial charge is 0.419 e. The predicted molar refractivity (Wildman–Crippen MR) is 44.9 cm³/mol. The number of hydrogen-bond donors (Lipinski definition) is 4. The molecular weight excluding hydrogens is 174 g/mol. The van der Waals surface area contributed by atoms with E-state index in [1.807, 2.05) is 5.43 Å². The van der Waals surface area contributed by atoms with E-state index in [0.29, 0.717) is 13.0 Å². The van der Waals surface area contributed by atoms with Crippen LogP contribution in [0.15, 0.2) is 0 Å². The van der Waals surface area contributed by atoms with Crippen LogP contribution in [-0.2, 0) is 4.79 Å². The van der Waals surface area contributed by atoms with Crippen LogP contribution in [0.1, 0.15) is 19.3 Å². The highest BCUT2D eigenvalue weighted by Crippen LogP contribution is 2.03. The Kier molecular flexibility index (Phi) is 3.51. The number of rotatable bonds is 2.